The van der Waals surface area contributed by atoms with Gasteiger partial charge in [-0.25, -0.2) is 0 Å². The lowest BCUT2D eigenvalue weighted by Crippen LogP contribution is -2.26. The van der Waals surface area contributed by atoms with Crippen molar-refractivity contribution in [1.29, 1.82) is 0 Å². The van der Waals surface area contributed by atoms with Gasteiger partial charge < -0.3 is 10.6 Å². The monoisotopic (exact) mass is 363 g/mol. The minimum atomic E-state index is -0.0494. The molecule has 0 bridgehead atoms. The zero-order valence-corrected chi connectivity index (χ0v) is 15.8. The van der Waals surface area contributed by atoms with Crippen LogP contribution in [0.4, 0.5) is 5.69 Å². The van der Waals surface area contributed by atoms with E-state index in [1.807, 2.05) is 54.9 Å². The number of nitrogens with zero attached hydrogens (tertiary/aromatic N) is 3. The van der Waals surface area contributed by atoms with Gasteiger partial charge in [0, 0.05) is 36.7 Å². The van der Waals surface area contributed by atoms with E-state index >= 15 is 0 Å². The Morgan fingerprint density at radius 3 is 2.74 bits per heavy atom. The standard InChI is InChI=1S/C21H25N5O/c1-16-12-17(2)26(25-16)15-18-6-3-7-19(13-18)21(27)24-11-5-10-23-20-8-4-9-22-14-20/h3-4,6-9,12-14,23H,5,10-11,15H2,1-2H3,(H,24,27). The van der Waals surface area contributed by atoms with Gasteiger partial charge in [0.05, 0.1) is 17.9 Å². The Kier molecular flexibility index (Phi) is 6.20. The maximum Gasteiger partial charge on any atom is 0.251 e. The quantitative estimate of drug-likeness (QED) is 0.603. The summed E-state index contributed by atoms with van der Waals surface area (Å²) >= 11 is 0. The Labute approximate surface area is 159 Å². The molecule has 2 heterocycles. The van der Waals surface area contributed by atoms with Gasteiger partial charge >= 0.3 is 0 Å². The van der Waals surface area contributed by atoms with Gasteiger partial charge in [-0.15, -0.1) is 0 Å². The normalized spacial score (nSPS) is 10.6. The van der Waals surface area contributed by atoms with Gasteiger partial charge in [0.2, 0.25) is 0 Å². The molecule has 6 nitrogen and oxygen atoms in total. The van der Waals surface area contributed by atoms with E-state index < -0.39 is 0 Å². The van der Waals surface area contributed by atoms with Crippen LogP contribution in [0.1, 0.15) is 33.7 Å². The number of carbonyl (C=O) groups excluding carboxylic acids is 1. The maximum atomic E-state index is 12.4. The van der Waals surface area contributed by atoms with Crippen LogP contribution in [0.3, 0.4) is 0 Å². The third kappa shape index (κ3) is 5.41. The van der Waals surface area contributed by atoms with Gasteiger partial charge in [-0.1, -0.05) is 12.1 Å². The summed E-state index contributed by atoms with van der Waals surface area (Å²) in [7, 11) is 0. The van der Waals surface area contributed by atoms with Gasteiger partial charge in [0.25, 0.3) is 5.91 Å². The number of pyridine rings is 1. The van der Waals surface area contributed by atoms with Crippen molar-refractivity contribution >= 4 is 11.6 Å². The maximum absolute atomic E-state index is 12.4. The molecule has 2 aromatic heterocycles. The fourth-order valence-electron chi connectivity index (χ4n) is 2.91. The van der Waals surface area contributed by atoms with E-state index in [2.05, 4.69) is 26.8 Å². The van der Waals surface area contributed by atoms with Crippen molar-refractivity contribution in [2.45, 2.75) is 26.8 Å². The molecule has 0 spiro atoms. The molecule has 0 aliphatic carbocycles. The van der Waals surface area contributed by atoms with Crippen molar-refractivity contribution in [2.75, 3.05) is 18.4 Å². The highest BCUT2D eigenvalue weighted by Crippen LogP contribution is 2.10. The summed E-state index contributed by atoms with van der Waals surface area (Å²) in [6.07, 6.45) is 4.37. The van der Waals surface area contributed by atoms with Crippen molar-refractivity contribution in [3.63, 3.8) is 0 Å². The fraction of sp³-hybridized carbons (Fsp3) is 0.286. The Morgan fingerprint density at radius 2 is 2.00 bits per heavy atom. The summed E-state index contributed by atoms with van der Waals surface area (Å²) in [6.45, 7) is 6.08. The average molecular weight is 363 g/mol. The van der Waals surface area contributed by atoms with Crippen LogP contribution in [0, 0.1) is 13.8 Å². The number of aromatic nitrogens is 3. The van der Waals surface area contributed by atoms with Gasteiger partial charge in [0.1, 0.15) is 0 Å². The summed E-state index contributed by atoms with van der Waals surface area (Å²) in [5.41, 5.74) is 4.84. The predicted molar refractivity (Wildman–Crippen MR) is 107 cm³/mol. The molecule has 1 amide bonds. The van der Waals surface area contributed by atoms with Crippen LogP contribution in [0.5, 0.6) is 0 Å². The zero-order valence-electron chi connectivity index (χ0n) is 15.8. The van der Waals surface area contributed by atoms with Crippen molar-refractivity contribution in [3.8, 4) is 0 Å². The molecule has 0 saturated carbocycles. The van der Waals surface area contributed by atoms with E-state index in [4.69, 9.17) is 0 Å². The van der Waals surface area contributed by atoms with Crippen molar-refractivity contribution in [2.24, 2.45) is 0 Å². The first-order valence-corrected chi connectivity index (χ1v) is 9.14. The Bertz CT molecular complexity index is 889. The van der Waals surface area contributed by atoms with E-state index in [0.717, 1.165) is 35.6 Å². The number of aryl methyl sites for hydroxylation is 2. The van der Waals surface area contributed by atoms with Gasteiger partial charge in [-0.05, 0) is 56.2 Å². The Hall–Kier alpha value is -3.15. The molecule has 0 atom stereocenters. The van der Waals surface area contributed by atoms with E-state index in [9.17, 15) is 4.79 Å². The van der Waals surface area contributed by atoms with Crippen LogP contribution in [-0.4, -0.2) is 33.8 Å². The second-order valence-corrected chi connectivity index (χ2v) is 6.56. The minimum Gasteiger partial charge on any atom is -0.384 e. The SMILES string of the molecule is Cc1cc(C)n(Cc2cccc(C(=O)NCCCNc3cccnc3)c2)n1. The summed E-state index contributed by atoms with van der Waals surface area (Å²) in [5, 5.41) is 10.7. The van der Waals surface area contributed by atoms with E-state index in [1.54, 1.807) is 12.4 Å². The smallest absolute Gasteiger partial charge is 0.251 e. The third-order valence-electron chi connectivity index (χ3n) is 4.25. The molecular formula is C21H25N5O. The first-order valence-electron chi connectivity index (χ1n) is 9.14. The summed E-state index contributed by atoms with van der Waals surface area (Å²) in [5.74, 6) is -0.0494. The van der Waals surface area contributed by atoms with Crippen molar-refractivity contribution in [3.05, 3.63) is 77.4 Å². The second kappa shape index (κ2) is 8.98. The molecule has 1 aromatic carbocycles. The molecule has 0 unspecified atom stereocenters. The second-order valence-electron chi connectivity index (χ2n) is 6.56. The van der Waals surface area contributed by atoms with Crippen LogP contribution in [-0.2, 0) is 6.54 Å². The summed E-state index contributed by atoms with van der Waals surface area (Å²) in [6, 6.07) is 13.6. The number of nitrogens with one attached hydrogen (secondary N) is 2. The van der Waals surface area contributed by atoms with Gasteiger partial charge in [0.15, 0.2) is 0 Å². The number of anilines is 1. The number of amides is 1. The number of hydrogen-bond donors (Lipinski definition) is 2. The highest BCUT2D eigenvalue weighted by molar-refractivity contribution is 5.94. The van der Waals surface area contributed by atoms with Crippen LogP contribution in [0.15, 0.2) is 54.9 Å². The molecule has 6 heteroatoms. The summed E-state index contributed by atoms with van der Waals surface area (Å²) < 4.78 is 1.95. The number of benzene rings is 1. The lowest BCUT2D eigenvalue weighted by atomic mass is 10.1. The van der Waals surface area contributed by atoms with E-state index in [1.165, 1.54) is 0 Å². The molecule has 2 N–H and O–H groups in total. The first-order chi connectivity index (χ1) is 13.1. The van der Waals surface area contributed by atoms with E-state index in [-0.39, 0.29) is 5.91 Å². The van der Waals surface area contributed by atoms with Gasteiger partial charge in [-0.2, -0.15) is 5.10 Å². The van der Waals surface area contributed by atoms with Crippen LogP contribution in [0.25, 0.3) is 0 Å². The number of rotatable bonds is 8. The molecular weight excluding hydrogens is 338 g/mol. The molecule has 0 fully saturated rings. The third-order valence-corrected chi connectivity index (χ3v) is 4.25. The predicted octanol–water partition coefficient (Wildman–Crippen LogP) is 3.18. The van der Waals surface area contributed by atoms with Crippen molar-refractivity contribution < 1.29 is 4.79 Å². The largest absolute Gasteiger partial charge is 0.384 e. The molecule has 0 aliphatic heterocycles. The minimum absolute atomic E-state index is 0.0494. The van der Waals surface area contributed by atoms with Crippen LogP contribution in [0.2, 0.25) is 0 Å². The lowest BCUT2D eigenvalue weighted by molar-refractivity contribution is 0.0953. The molecule has 3 aromatic rings. The lowest BCUT2D eigenvalue weighted by Gasteiger charge is -2.09. The topological polar surface area (TPSA) is 71.8 Å². The summed E-state index contributed by atoms with van der Waals surface area (Å²) in [4.78, 5) is 16.4. The number of carbonyl (C=O) groups is 1. The molecule has 0 radical (unpaired) electrons. The highest BCUT2D eigenvalue weighted by atomic mass is 16.1. The molecule has 3 rings (SSSR count). The first kappa shape index (κ1) is 18.6. The Morgan fingerprint density at radius 1 is 1.11 bits per heavy atom. The fourth-order valence-corrected chi connectivity index (χ4v) is 2.91. The van der Waals surface area contributed by atoms with Crippen LogP contribution < -0.4 is 10.6 Å². The highest BCUT2D eigenvalue weighted by Gasteiger charge is 2.07. The van der Waals surface area contributed by atoms with Gasteiger partial charge in [-0.3, -0.25) is 14.5 Å². The molecule has 0 saturated heterocycles. The number of hydrogen-bond acceptors (Lipinski definition) is 4. The Balaban J connectivity index is 1.47. The van der Waals surface area contributed by atoms with E-state index in [0.29, 0.717) is 18.7 Å². The zero-order chi connectivity index (χ0) is 19.1. The van der Waals surface area contributed by atoms with Crippen LogP contribution >= 0.6 is 0 Å². The molecule has 27 heavy (non-hydrogen) atoms. The molecule has 0 aliphatic rings. The average Bonchev–Trinajstić information content (AvgIpc) is 2.99. The van der Waals surface area contributed by atoms with Crippen molar-refractivity contribution in [1.82, 2.24) is 20.1 Å². The molecule has 140 valence electrons.